The summed E-state index contributed by atoms with van der Waals surface area (Å²) in [6, 6.07) is 19.2. The molecule has 0 radical (unpaired) electrons. The van der Waals surface area contributed by atoms with E-state index >= 15 is 0 Å². The number of nitrogens with zero attached hydrogens (tertiary/aromatic N) is 1. The number of carbonyl (C=O) groups is 1. The zero-order chi connectivity index (χ0) is 19.4. The number of rotatable bonds is 3. The minimum atomic E-state index is -0.632. The summed E-state index contributed by atoms with van der Waals surface area (Å²) in [5.74, 6) is 0.492. The summed E-state index contributed by atoms with van der Waals surface area (Å²) in [5.41, 5.74) is 2.25. The van der Waals surface area contributed by atoms with E-state index < -0.39 is 11.7 Å². The van der Waals surface area contributed by atoms with Crippen LogP contribution in [0.3, 0.4) is 0 Å². The smallest absolute Gasteiger partial charge is 0.419 e. The van der Waals surface area contributed by atoms with Gasteiger partial charge in [-0.2, -0.15) is 0 Å². The van der Waals surface area contributed by atoms with E-state index in [1.165, 1.54) is 0 Å². The summed E-state index contributed by atoms with van der Waals surface area (Å²) in [6.07, 6.45) is 2.68. The van der Waals surface area contributed by atoms with Crippen LogP contribution in [0.5, 0.6) is 0 Å². The number of hydrogen-bond acceptors (Lipinski definition) is 3. The van der Waals surface area contributed by atoms with Gasteiger partial charge in [0.2, 0.25) is 0 Å². The van der Waals surface area contributed by atoms with Gasteiger partial charge in [-0.05, 0) is 26.8 Å². The van der Waals surface area contributed by atoms with E-state index in [1.807, 2.05) is 81.4 Å². The maximum atomic E-state index is 13.2. The molecule has 1 amide bonds. The van der Waals surface area contributed by atoms with Crippen LogP contribution in [0.2, 0.25) is 0 Å². The quantitative estimate of drug-likeness (QED) is 0.693. The van der Waals surface area contributed by atoms with Crippen LogP contribution in [0.25, 0.3) is 11.4 Å². The Hall–Kier alpha value is -3.27. The lowest BCUT2D eigenvalue weighted by Crippen LogP contribution is -2.36. The summed E-state index contributed by atoms with van der Waals surface area (Å²) in [5, 5.41) is 0. The Balaban J connectivity index is 2.16. The predicted molar refractivity (Wildman–Crippen MR) is 107 cm³/mol. The maximum absolute atomic E-state index is 13.2. The molecule has 1 aliphatic rings. The molecule has 0 saturated heterocycles. The second kappa shape index (κ2) is 7.54. The fourth-order valence-electron chi connectivity index (χ4n) is 2.77. The molecule has 4 nitrogen and oxygen atoms in total. The minimum Gasteiger partial charge on any atom is -0.461 e. The summed E-state index contributed by atoms with van der Waals surface area (Å²) < 4.78 is 11.5. The van der Waals surface area contributed by atoms with Crippen molar-refractivity contribution in [2.24, 2.45) is 0 Å². The van der Waals surface area contributed by atoms with Crippen molar-refractivity contribution < 1.29 is 14.3 Å². The van der Waals surface area contributed by atoms with Crippen molar-refractivity contribution in [3.8, 4) is 0 Å². The molecule has 1 heterocycles. The van der Waals surface area contributed by atoms with Crippen molar-refractivity contribution in [2.45, 2.75) is 26.4 Å². The second-order valence-electron chi connectivity index (χ2n) is 7.09. The lowest BCUT2D eigenvalue weighted by atomic mass is 10.1. The Morgan fingerprint density at radius 3 is 2.07 bits per heavy atom. The molecule has 0 atom stereocenters. The Labute approximate surface area is 160 Å². The van der Waals surface area contributed by atoms with Gasteiger partial charge in [-0.25, -0.2) is 9.69 Å². The molecular weight excluding hydrogens is 338 g/mol. The van der Waals surface area contributed by atoms with Crippen molar-refractivity contribution in [1.82, 2.24) is 4.90 Å². The van der Waals surface area contributed by atoms with Crippen LogP contribution >= 0.6 is 0 Å². The zero-order valence-corrected chi connectivity index (χ0v) is 15.8. The van der Waals surface area contributed by atoms with Gasteiger partial charge in [-0.15, -0.1) is 0 Å². The topological polar surface area (TPSA) is 38.8 Å². The monoisotopic (exact) mass is 361 g/mol. The van der Waals surface area contributed by atoms with Crippen LogP contribution in [0, 0.1) is 0 Å². The fraction of sp³-hybridized carbons (Fsp3) is 0.174. The molecule has 138 valence electrons. The van der Waals surface area contributed by atoms with E-state index in [0.717, 1.165) is 11.1 Å². The Morgan fingerprint density at radius 2 is 1.56 bits per heavy atom. The average molecular weight is 361 g/mol. The summed E-state index contributed by atoms with van der Waals surface area (Å²) in [7, 11) is 0. The van der Waals surface area contributed by atoms with Crippen molar-refractivity contribution in [1.29, 1.82) is 0 Å². The number of allylic oxidation sites excluding steroid dienone is 1. The van der Waals surface area contributed by atoms with Gasteiger partial charge in [0.05, 0.1) is 5.70 Å². The van der Waals surface area contributed by atoms with Gasteiger partial charge >= 0.3 is 6.09 Å². The first kappa shape index (κ1) is 18.5. The summed E-state index contributed by atoms with van der Waals surface area (Å²) >= 11 is 0. The van der Waals surface area contributed by atoms with E-state index in [9.17, 15) is 4.79 Å². The van der Waals surface area contributed by atoms with Crippen molar-refractivity contribution in [3.63, 3.8) is 0 Å². The second-order valence-corrected chi connectivity index (χ2v) is 7.09. The molecule has 1 aliphatic heterocycles. The first-order valence-corrected chi connectivity index (χ1v) is 8.78. The molecular formula is C23H23NO3. The fourth-order valence-corrected chi connectivity index (χ4v) is 2.77. The molecule has 0 bridgehead atoms. The highest BCUT2D eigenvalue weighted by molar-refractivity contribution is 5.95. The highest BCUT2D eigenvalue weighted by Gasteiger charge is 2.34. The van der Waals surface area contributed by atoms with Gasteiger partial charge in [0.1, 0.15) is 17.6 Å². The van der Waals surface area contributed by atoms with Crippen LogP contribution in [-0.2, 0) is 9.47 Å². The average Bonchev–Trinajstić information content (AvgIpc) is 2.66. The molecule has 0 saturated carbocycles. The maximum Gasteiger partial charge on any atom is 0.419 e. The normalized spacial score (nSPS) is 14.3. The van der Waals surface area contributed by atoms with Crippen LogP contribution in [0.1, 0.15) is 31.9 Å². The largest absolute Gasteiger partial charge is 0.461 e. The first-order valence-electron chi connectivity index (χ1n) is 8.78. The standard InChI is InChI=1S/C23H23NO3/c1-5-20-21(18-14-10-7-11-15-18)24(22(25)27-23(2,3)4)19(16-26-20)17-12-8-6-9-13-17/h5-16H,1H2,2-4H3. The Kier molecular flexibility index (Phi) is 5.17. The number of ether oxygens (including phenoxy) is 2. The van der Waals surface area contributed by atoms with Crippen LogP contribution < -0.4 is 0 Å². The van der Waals surface area contributed by atoms with E-state index in [4.69, 9.17) is 9.47 Å². The van der Waals surface area contributed by atoms with Crippen LogP contribution in [0.4, 0.5) is 4.79 Å². The first-order chi connectivity index (χ1) is 12.9. The number of amides is 1. The van der Waals surface area contributed by atoms with Crippen molar-refractivity contribution in [2.75, 3.05) is 0 Å². The number of carbonyl (C=O) groups excluding carboxylic acids is 1. The molecule has 2 aromatic rings. The highest BCUT2D eigenvalue weighted by atomic mass is 16.6. The summed E-state index contributed by atoms with van der Waals surface area (Å²) in [6.45, 7) is 9.37. The minimum absolute atomic E-state index is 0.473. The molecule has 0 aliphatic carbocycles. The van der Waals surface area contributed by atoms with Gasteiger partial charge in [0.15, 0.2) is 5.76 Å². The molecule has 0 spiro atoms. The number of hydrogen-bond donors (Lipinski definition) is 0. The van der Waals surface area contributed by atoms with E-state index in [1.54, 1.807) is 17.2 Å². The van der Waals surface area contributed by atoms with Crippen molar-refractivity contribution >= 4 is 17.5 Å². The molecule has 3 rings (SSSR count). The predicted octanol–water partition coefficient (Wildman–Crippen LogP) is 5.81. The number of benzene rings is 2. The molecule has 0 N–H and O–H groups in total. The molecule has 0 fully saturated rings. The molecule has 4 heteroatoms. The lowest BCUT2D eigenvalue weighted by Gasteiger charge is -2.33. The third-order valence-electron chi connectivity index (χ3n) is 3.87. The van der Waals surface area contributed by atoms with Crippen molar-refractivity contribution in [3.05, 3.63) is 96.5 Å². The Bertz CT molecular complexity index is 890. The molecule has 2 aromatic carbocycles. The highest BCUT2D eigenvalue weighted by Crippen LogP contribution is 2.37. The molecule has 0 aromatic heterocycles. The summed E-state index contributed by atoms with van der Waals surface area (Å²) in [4.78, 5) is 14.7. The van der Waals surface area contributed by atoms with Gasteiger partial charge in [-0.3, -0.25) is 0 Å². The van der Waals surface area contributed by atoms with Gasteiger partial charge in [0.25, 0.3) is 0 Å². The van der Waals surface area contributed by atoms with Gasteiger partial charge in [-0.1, -0.05) is 67.2 Å². The van der Waals surface area contributed by atoms with Crippen LogP contribution in [0.15, 0.2) is 85.3 Å². The van der Waals surface area contributed by atoms with Crippen LogP contribution in [-0.4, -0.2) is 16.6 Å². The lowest BCUT2D eigenvalue weighted by molar-refractivity contribution is 0.0416. The molecule has 0 unspecified atom stereocenters. The Morgan fingerprint density at radius 1 is 1.00 bits per heavy atom. The zero-order valence-electron chi connectivity index (χ0n) is 15.8. The van der Waals surface area contributed by atoms with Gasteiger partial charge < -0.3 is 9.47 Å². The SMILES string of the molecule is C=CC1=C(c2ccccc2)N(C(=O)OC(C)(C)C)C(c2ccccc2)=CO1. The van der Waals surface area contributed by atoms with E-state index in [-0.39, 0.29) is 0 Å². The molecule has 27 heavy (non-hydrogen) atoms. The van der Waals surface area contributed by atoms with E-state index in [0.29, 0.717) is 17.2 Å². The third kappa shape index (κ3) is 4.11. The third-order valence-corrected chi connectivity index (χ3v) is 3.87. The van der Waals surface area contributed by atoms with E-state index in [2.05, 4.69) is 6.58 Å². The van der Waals surface area contributed by atoms with Gasteiger partial charge in [0, 0.05) is 11.1 Å².